The van der Waals surface area contributed by atoms with E-state index in [1.54, 1.807) is 30.3 Å². The second-order valence-electron chi connectivity index (χ2n) is 3.77. The first-order valence-electron chi connectivity index (χ1n) is 5.88. The topological polar surface area (TPSA) is 78.6 Å². The number of methoxy groups -OCH3 is 1. The standard InChI is InChI=1S/C14H17NO4/c1-3-10(14(17)18-2)8-9-19-12-6-4-11(5-7-12)13(15)16/h4-8H,3,9H2,1-2H3,(H2,15,16). The molecule has 0 saturated carbocycles. The van der Waals surface area contributed by atoms with E-state index in [1.807, 2.05) is 6.92 Å². The molecule has 1 aromatic rings. The average Bonchev–Trinajstić information content (AvgIpc) is 2.43. The number of primary amides is 1. The maximum absolute atomic E-state index is 11.3. The number of carbonyl (C=O) groups is 2. The summed E-state index contributed by atoms with van der Waals surface area (Å²) in [7, 11) is 1.34. The number of rotatable bonds is 6. The van der Waals surface area contributed by atoms with E-state index in [1.165, 1.54) is 7.11 Å². The summed E-state index contributed by atoms with van der Waals surface area (Å²) < 4.78 is 10.1. The number of hydrogen-bond acceptors (Lipinski definition) is 4. The van der Waals surface area contributed by atoms with Crippen LogP contribution in [0.4, 0.5) is 0 Å². The molecule has 5 heteroatoms. The number of amides is 1. The molecule has 0 atom stereocenters. The second kappa shape index (κ2) is 7.20. The Morgan fingerprint density at radius 2 is 1.89 bits per heavy atom. The molecular weight excluding hydrogens is 246 g/mol. The fourth-order valence-electron chi connectivity index (χ4n) is 1.46. The van der Waals surface area contributed by atoms with Gasteiger partial charge in [-0.25, -0.2) is 4.79 Å². The predicted octanol–water partition coefficient (Wildman–Crippen LogP) is 1.67. The Balaban J connectivity index is 2.59. The van der Waals surface area contributed by atoms with E-state index >= 15 is 0 Å². The van der Waals surface area contributed by atoms with Gasteiger partial charge in [-0.15, -0.1) is 0 Å². The Morgan fingerprint density at radius 1 is 1.26 bits per heavy atom. The molecule has 0 aromatic heterocycles. The van der Waals surface area contributed by atoms with Crippen LogP contribution < -0.4 is 10.5 Å². The van der Waals surface area contributed by atoms with Crippen LogP contribution in [-0.4, -0.2) is 25.6 Å². The summed E-state index contributed by atoms with van der Waals surface area (Å²) >= 11 is 0. The summed E-state index contributed by atoms with van der Waals surface area (Å²) in [6, 6.07) is 6.47. The minimum absolute atomic E-state index is 0.258. The van der Waals surface area contributed by atoms with Gasteiger partial charge in [0.05, 0.1) is 7.11 Å². The summed E-state index contributed by atoms with van der Waals surface area (Å²) in [4.78, 5) is 22.2. The van der Waals surface area contributed by atoms with Crippen LogP contribution >= 0.6 is 0 Å². The average molecular weight is 263 g/mol. The third-order valence-electron chi connectivity index (χ3n) is 2.55. The van der Waals surface area contributed by atoms with Gasteiger partial charge in [0.25, 0.3) is 0 Å². The molecule has 1 amide bonds. The van der Waals surface area contributed by atoms with E-state index in [0.717, 1.165) is 0 Å². The number of nitrogens with two attached hydrogens (primary N) is 1. The molecule has 0 spiro atoms. The molecule has 0 bridgehead atoms. The Hall–Kier alpha value is -2.30. The van der Waals surface area contributed by atoms with E-state index in [0.29, 0.717) is 23.3 Å². The molecule has 0 heterocycles. The van der Waals surface area contributed by atoms with Crippen LogP contribution in [0.15, 0.2) is 35.9 Å². The summed E-state index contributed by atoms with van der Waals surface area (Å²) in [5.41, 5.74) is 6.12. The maximum atomic E-state index is 11.3. The van der Waals surface area contributed by atoms with E-state index in [-0.39, 0.29) is 12.6 Å². The summed E-state index contributed by atoms with van der Waals surface area (Å²) in [6.45, 7) is 2.12. The van der Waals surface area contributed by atoms with Gasteiger partial charge in [0.15, 0.2) is 0 Å². The van der Waals surface area contributed by atoms with Crippen LogP contribution in [0, 0.1) is 0 Å². The molecule has 0 aliphatic rings. The number of esters is 1. The zero-order chi connectivity index (χ0) is 14.3. The van der Waals surface area contributed by atoms with E-state index in [4.69, 9.17) is 10.5 Å². The molecule has 1 rings (SSSR count). The Kier molecular flexibility index (Phi) is 5.60. The second-order valence-corrected chi connectivity index (χ2v) is 3.77. The fourth-order valence-corrected chi connectivity index (χ4v) is 1.46. The van der Waals surface area contributed by atoms with E-state index in [9.17, 15) is 9.59 Å². The van der Waals surface area contributed by atoms with Gasteiger partial charge in [0.1, 0.15) is 12.4 Å². The zero-order valence-corrected chi connectivity index (χ0v) is 11.0. The first-order chi connectivity index (χ1) is 9.08. The SMILES string of the molecule is CCC(=CCOc1ccc(C(N)=O)cc1)C(=O)OC. The molecule has 0 radical (unpaired) electrons. The number of carbonyl (C=O) groups excluding carboxylic acids is 2. The van der Waals surface area contributed by atoms with Crippen molar-refractivity contribution in [3.63, 3.8) is 0 Å². The van der Waals surface area contributed by atoms with Gasteiger partial charge >= 0.3 is 5.97 Å². The summed E-state index contributed by atoms with van der Waals surface area (Å²) in [6.07, 6.45) is 2.25. The normalized spacial score (nSPS) is 10.9. The third-order valence-corrected chi connectivity index (χ3v) is 2.55. The molecular formula is C14H17NO4. The molecule has 0 saturated heterocycles. The van der Waals surface area contributed by atoms with Crippen molar-refractivity contribution in [2.45, 2.75) is 13.3 Å². The molecule has 2 N–H and O–H groups in total. The monoisotopic (exact) mass is 263 g/mol. The quantitative estimate of drug-likeness (QED) is 0.625. The van der Waals surface area contributed by atoms with Crippen molar-refractivity contribution in [3.05, 3.63) is 41.5 Å². The Bertz CT molecular complexity index is 477. The van der Waals surface area contributed by atoms with Gasteiger partial charge < -0.3 is 15.2 Å². The van der Waals surface area contributed by atoms with Crippen molar-refractivity contribution < 1.29 is 19.1 Å². The highest BCUT2D eigenvalue weighted by atomic mass is 16.5. The fraction of sp³-hybridized carbons (Fsp3) is 0.286. The summed E-state index contributed by atoms with van der Waals surface area (Å²) in [5, 5.41) is 0. The van der Waals surface area contributed by atoms with Gasteiger partial charge in [0, 0.05) is 11.1 Å². The molecule has 5 nitrogen and oxygen atoms in total. The van der Waals surface area contributed by atoms with Gasteiger partial charge in [0.2, 0.25) is 5.91 Å². The van der Waals surface area contributed by atoms with Gasteiger partial charge in [-0.3, -0.25) is 4.79 Å². The lowest BCUT2D eigenvalue weighted by Crippen LogP contribution is -2.10. The van der Waals surface area contributed by atoms with Gasteiger partial charge in [-0.2, -0.15) is 0 Å². The van der Waals surface area contributed by atoms with E-state index < -0.39 is 5.91 Å². The van der Waals surface area contributed by atoms with Crippen molar-refractivity contribution in [3.8, 4) is 5.75 Å². The van der Waals surface area contributed by atoms with Crippen LogP contribution in [0.1, 0.15) is 23.7 Å². The number of ether oxygens (including phenoxy) is 2. The smallest absolute Gasteiger partial charge is 0.333 e. The van der Waals surface area contributed by atoms with Crippen LogP contribution in [0.5, 0.6) is 5.75 Å². The number of benzene rings is 1. The first kappa shape index (κ1) is 14.8. The largest absolute Gasteiger partial charge is 0.490 e. The van der Waals surface area contributed by atoms with Crippen molar-refractivity contribution in [1.29, 1.82) is 0 Å². The van der Waals surface area contributed by atoms with E-state index in [2.05, 4.69) is 4.74 Å². The highest BCUT2D eigenvalue weighted by molar-refractivity contribution is 5.92. The molecule has 102 valence electrons. The van der Waals surface area contributed by atoms with Crippen molar-refractivity contribution in [2.75, 3.05) is 13.7 Å². The van der Waals surface area contributed by atoms with Crippen LogP contribution in [0.3, 0.4) is 0 Å². The molecule has 0 aliphatic carbocycles. The molecule has 0 aliphatic heterocycles. The lowest BCUT2D eigenvalue weighted by molar-refractivity contribution is -0.136. The van der Waals surface area contributed by atoms with Crippen molar-refractivity contribution in [2.24, 2.45) is 5.73 Å². The third kappa shape index (κ3) is 4.46. The van der Waals surface area contributed by atoms with Crippen LogP contribution in [0.2, 0.25) is 0 Å². The zero-order valence-electron chi connectivity index (χ0n) is 11.0. The van der Waals surface area contributed by atoms with Crippen molar-refractivity contribution in [1.82, 2.24) is 0 Å². The van der Waals surface area contributed by atoms with Crippen molar-refractivity contribution >= 4 is 11.9 Å². The lowest BCUT2D eigenvalue weighted by Gasteiger charge is -2.05. The highest BCUT2D eigenvalue weighted by Gasteiger charge is 2.06. The van der Waals surface area contributed by atoms with Gasteiger partial charge in [-0.05, 0) is 36.8 Å². The Labute approximate surface area is 112 Å². The highest BCUT2D eigenvalue weighted by Crippen LogP contribution is 2.12. The predicted molar refractivity (Wildman–Crippen MR) is 70.8 cm³/mol. The van der Waals surface area contributed by atoms with Crippen LogP contribution in [-0.2, 0) is 9.53 Å². The first-order valence-corrected chi connectivity index (χ1v) is 5.88. The molecule has 1 aromatic carbocycles. The van der Waals surface area contributed by atoms with Gasteiger partial charge in [-0.1, -0.05) is 6.92 Å². The minimum atomic E-state index is -0.481. The molecule has 0 unspecified atom stereocenters. The molecule has 0 fully saturated rings. The molecule has 19 heavy (non-hydrogen) atoms. The maximum Gasteiger partial charge on any atom is 0.333 e. The summed E-state index contributed by atoms with van der Waals surface area (Å²) in [5.74, 6) is -0.234. The Morgan fingerprint density at radius 3 is 2.37 bits per heavy atom. The minimum Gasteiger partial charge on any atom is -0.490 e. The lowest BCUT2D eigenvalue weighted by atomic mass is 10.2. The number of hydrogen-bond donors (Lipinski definition) is 1. The van der Waals surface area contributed by atoms with Crippen LogP contribution in [0.25, 0.3) is 0 Å².